The standard InChI is InChI=1S/C13H24N2O2/c1-9-7-15(8-13(2,3)17-9)12(16)10-4-5-11(14)6-10/h9-11H,4-8,14H2,1-3H3/t9-,10-,11+/m1/s1. The molecule has 17 heavy (non-hydrogen) atoms. The van der Waals surface area contributed by atoms with Gasteiger partial charge < -0.3 is 15.4 Å². The first kappa shape index (κ1) is 12.8. The molecule has 4 heteroatoms. The first-order valence-electron chi connectivity index (χ1n) is 6.59. The molecule has 1 saturated carbocycles. The third-order valence-electron chi connectivity index (χ3n) is 3.70. The lowest BCUT2D eigenvalue weighted by Gasteiger charge is -2.42. The van der Waals surface area contributed by atoms with Gasteiger partial charge in [0.15, 0.2) is 0 Å². The van der Waals surface area contributed by atoms with E-state index in [-0.39, 0.29) is 29.6 Å². The van der Waals surface area contributed by atoms with Gasteiger partial charge >= 0.3 is 0 Å². The van der Waals surface area contributed by atoms with Crippen molar-refractivity contribution in [1.82, 2.24) is 4.90 Å². The van der Waals surface area contributed by atoms with Crippen molar-refractivity contribution >= 4 is 5.91 Å². The molecular weight excluding hydrogens is 216 g/mol. The zero-order chi connectivity index (χ0) is 12.6. The fourth-order valence-corrected chi connectivity index (χ4v) is 3.12. The Hall–Kier alpha value is -0.610. The van der Waals surface area contributed by atoms with E-state index >= 15 is 0 Å². The highest BCUT2D eigenvalue weighted by atomic mass is 16.5. The van der Waals surface area contributed by atoms with Crippen LogP contribution in [0, 0.1) is 5.92 Å². The van der Waals surface area contributed by atoms with E-state index < -0.39 is 0 Å². The number of amides is 1. The first-order chi connectivity index (χ1) is 7.87. The number of morpholine rings is 1. The van der Waals surface area contributed by atoms with E-state index in [0.717, 1.165) is 19.3 Å². The summed E-state index contributed by atoms with van der Waals surface area (Å²) in [4.78, 5) is 14.4. The normalized spacial score (nSPS) is 37.2. The molecule has 0 bridgehead atoms. The Labute approximate surface area is 103 Å². The van der Waals surface area contributed by atoms with Crippen molar-refractivity contribution in [3.8, 4) is 0 Å². The Balaban J connectivity index is 1.99. The Morgan fingerprint density at radius 3 is 2.65 bits per heavy atom. The Morgan fingerprint density at radius 2 is 2.12 bits per heavy atom. The number of ether oxygens (including phenoxy) is 1. The van der Waals surface area contributed by atoms with Crippen LogP contribution in [0.25, 0.3) is 0 Å². The fraction of sp³-hybridized carbons (Fsp3) is 0.923. The van der Waals surface area contributed by atoms with E-state index in [0.29, 0.717) is 13.1 Å². The lowest BCUT2D eigenvalue weighted by atomic mass is 10.0. The summed E-state index contributed by atoms with van der Waals surface area (Å²) in [5.41, 5.74) is 5.65. The van der Waals surface area contributed by atoms with Crippen LogP contribution in [-0.2, 0) is 9.53 Å². The Kier molecular flexibility index (Phi) is 3.46. The molecule has 0 aromatic rings. The molecule has 2 fully saturated rings. The van der Waals surface area contributed by atoms with E-state index in [1.165, 1.54) is 0 Å². The molecule has 0 aromatic heterocycles. The predicted molar refractivity (Wildman–Crippen MR) is 66.5 cm³/mol. The summed E-state index contributed by atoms with van der Waals surface area (Å²) in [6.07, 6.45) is 2.91. The second-order valence-corrected chi connectivity index (χ2v) is 6.18. The zero-order valence-corrected chi connectivity index (χ0v) is 11.1. The molecule has 1 aliphatic heterocycles. The number of hydrogen-bond donors (Lipinski definition) is 1. The summed E-state index contributed by atoms with van der Waals surface area (Å²) in [5.74, 6) is 0.423. The molecule has 0 aromatic carbocycles. The molecule has 0 spiro atoms. The van der Waals surface area contributed by atoms with Gasteiger partial charge in [-0.3, -0.25) is 4.79 Å². The fourth-order valence-electron chi connectivity index (χ4n) is 3.12. The van der Waals surface area contributed by atoms with Crippen molar-refractivity contribution < 1.29 is 9.53 Å². The molecule has 0 unspecified atom stereocenters. The molecule has 4 nitrogen and oxygen atoms in total. The maximum absolute atomic E-state index is 12.4. The van der Waals surface area contributed by atoms with Crippen LogP contribution in [0.15, 0.2) is 0 Å². The minimum Gasteiger partial charge on any atom is -0.369 e. The smallest absolute Gasteiger partial charge is 0.225 e. The quantitative estimate of drug-likeness (QED) is 0.748. The third-order valence-corrected chi connectivity index (χ3v) is 3.70. The summed E-state index contributed by atoms with van der Waals surface area (Å²) in [6.45, 7) is 7.53. The summed E-state index contributed by atoms with van der Waals surface area (Å²) in [7, 11) is 0. The molecule has 98 valence electrons. The van der Waals surface area contributed by atoms with E-state index in [2.05, 4.69) is 0 Å². The largest absolute Gasteiger partial charge is 0.369 e. The van der Waals surface area contributed by atoms with Crippen LogP contribution in [0.3, 0.4) is 0 Å². The summed E-state index contributed by atoms with van der Waals surface area (Å²) >= 11 is 0. The van der Waals surface area contributed by atoms with Crippen LogP contribution in [-0.4, -0.2) is 41.6 Å². The summed E-state index contributed by atoms with van der Waals surface area (Å²) in [5, 5.41) is 0. The van der Waals surface area contributed by atoms with Gasteiger partial charge in [0.05, 0.1) is 11.7 Å². The average molecular weight is 240 g/mol. The van der Waals surface area contributed by atoms with E-state index in [9.17, 15) is 4.79 Å². The molecule has 1 heterocycles. The van der Waals surface area contributed by atoms with Crippen LogP contribution < -0.4 is 5.73 Å². The van der Waals surface area contributed by atoms with Crippen LogP contribution in [0.2, 0.25) is 0 Å². The number of hydrogen-bond acceptors (Lipinski definition) is 3. The van der Waals surface area contributed by atoms with E-state index in [4.69, 9.17) is 10.5 Å². The highest BCUT2D eigenvalue weighted by Gasteiger charge is 2.37. The van der Waals surface area contributed by atoms with Crippen molar-refractivity contribution in [2.24, 2.45) is 11.7 Å². The molecule has 0 radical (unpaired) electrons. The molecule has 1 amide bonds. The van der Waals surface area contributed by atoms with Gasteiger partial charge in [-0.05, 0) is 40.0 Å². The lowest BCUT2D eigenvalue weighted by Crippen LogP contribution is -2.55. The second-order valence-electron chi connectivity index (χ2n) is 6.18. The molecule has 3 atom stereocenters. The minimum absolute atomic E-state index is 0.123. The van der Waals surface area contributed by atoms with Gasteiger partial charge in [-0.25, -0.2) is 0 Å². The number of nitrogens with two attached hydrogens (primary N) is 1. The van der Waals surface area contributed by atoms with Gasteiger partial charge in [-0.1, -0.05) is 0 Å². The SMILES string of the molecule is C[C@@H]1CN(C(=O)[C@@H]2CC[C@H](N)C2)CC(C)(C)O1. The van der Waals surface area contributed by atoms with Crippen LogP contribution in [0.5, 0.6) is 0 Å². The minimum atomic E-state index is -0.228. The van der Waals surface area contributed by atoms with Gasteiger partial charge in [0.1, 0.15) is 0 Å². The molecule has 1 aliphatic carbocycles. The zero-order valence-electron chi connectivity index (χ0n) is 11.1. The van der Waals surface area contributed by atoms with Crippen LogP contribution in [0.4, 0.5) is 0 Å². The maximum atomic E-state index is 12.4. The first-order valence-corrected chi connectivity index (χ1v) is 6.59. The number of rotatable bonds is 1. The van der Waals surface area contributed by atoms with Crippen LogP contribution in [0.1, 0.15) is 40.0 Å². The molecule has 1 saturated heterocycles. The van der Waals surface area contributed by atoms with Crippen LogP contribution >= 0.6 is 0 Å². The van der Waals surface area contributed by atoms with Crippen molar-refractivity contribution in [3.05, 3.63) is 0 Å². The number of carbonyl (C=O) groups is 1. The monoisotopic (exact) mass is 240 g/mol. The van der Waals surface area contributed by atoms with E-state index in [1.807, 2.05) is 25.7 Å². The maximum Gasteiger partial charge on any atom is 0.225 e. The van der Waals surface area contributed by atoms with Gasteiger partial charge in [0.2, 0.25) is 5.91 Å². The van der Waals surface area contributed by atoms with E-state index in [1.54, 1.807) is 0 Å². The third kappa shape index (κ3) is 2.99. The van der Waals surface area contributed by atoms with Gasteiger partial charge in [-0.2, -0.15) is 0 Å². The topological polar surface area (TPSA) is 55.6 Å². The van der Waals surface area contributed by atoms with Gasteiger partial charge in [0.25, 0.3) is 0 Å². The lowest BCUT2D eigenvalue weighted by molar-refractivity contribution is -0.161. The van der Waals surface area contributed by atoms with Crippen molar-refractivity contribution in [1.29, 1.82) is 0 Å². The highest BCUT2D eigenvalue weighted by molar-refractivity contribution is 5.79. The molecule has 2 N–H and O–H groups in total. The predicted octanol–water partition coefficient (Wildman–Crippen LogP) is 1.14. The van der Waals surface area contributed by atoms with Gasteiger partial charge in [0, 0.05) is 25.0 Å². The number of nitrogens with zero attached hydrogens (tertiary/aromatic N) is 1. The average Bonchev–Trinajstić information content (AvgIpc) is 2.60. The summed E-state index contributed by atoms with van der Waals surface area (Å²) < 4.78 is 5.82. The number of carbonyl (C=O) groups excluding carboxylic acids is 1. The van der Waals surface area contributed by atoms with Gasteiger partial charge in [-0.15, -0.1) is 0 Å². The molecule has 2 aliphatic rings. The molecule has 2 rings (SSSR count). The second kappa shape index (κ2) is 4.58. The summed E-state index contributed by atoms with van der Waals surface area (Å²) in [6, 6.07) is 0.218. The van der Waals surface area contributed by atoms with Crippen molar-refractivity contribution in [2.45, 2.75) is 57.8 Å². The highest BCUT2D eigenvalue weighted by Crippen LogP contribution is 2.29. The van der Waals surface area contributed by atoms with Crippen molar-refractivity contribution in [2.75, 3.05) is 13.1 Å². The molecular formula is C13H24N2O2. The Bertz CT molecular complexity index is 304. The Morgan fingerprint density at radius 1 is 1.41 bits per heavy atom. The van der Waals surface area contributed by atoms with Crippen molar-refractivity contribution in [3.63, 3.8) is 0 Å².